The summed E-state index contributed by atoms with van der Waals surface area (Å²) in [5.41, 5.74) is 2.83. The van der Waals surface area contributed by atoms with Crippen LogP contribution in [0.5, 0.6) is 0 Å². The van der Waals surface area contributed by atoms with Crippen LogP contribution >= 0.6 is 11.3 Å². The van der Waals surface area contributed by atoms with Gasteiger partial charge in [-0.2, -0.15) is 4.57 Å². The quantitative estimate of drug-likeness (QED) is 0.492. The summed E-state index contributed by atoms with van der Waals surface area (Å²) < 4.78 is 6.99. The third-order valence-corrected chi connectivity index (χ3v) is 3.52. The van der Waals surface area contributed by atoms with Gasteiger partial charge in [0.25, 0.3) is 0 Å². The maximum absolute atomic E-state index is 11.6. The van der Waals surface area contributed by atoms with Crippen molar-refractivity contribution in [1.82, 2.24) is 4.98 Å². The lowest BCUT2D eigenvalue weighted by atomic mass is 10.3. The van der Waals surface area contributed by atoms with Crippen LogP contribution in [0.3, 0.4) is 0 Å². The van der Waals surface area contributed by atoms with Crippen molar-refractivity contribution in [1.29, 1.82) is 0 Å². The molecule has 0 saturated carbocycles. The van der Waals surface area contributed by atoms with Crippen LogP contribution in [0, 0.1) is 6.92 Å². The van der Waals surface area contributed by atoms with Gasteiger partial charge in [-0.3, -0.25) is 0 Å². The summed E-state index contributed by atoms with van der Waals surface area (Å²) in [5, 5.41) is 0. The monoisotopic (exact) mass is 342 g/mol. The zero-order valence-corrected chi connectivity index (χ0v) is 13.0. The van der Waals surface area contributed by atoms with E-state index < -0.39 is 0 Å². The lowest BCUT2D eigenvalue weighted by molar-refractivity contribution is -0.686. The highest BCUT2D eigenvalue weighted by Crippen LogP contribution is 2.12. The van der Waals surface area contributed by atoms with E-state index in [1.807, 2.05) is 43.0 Å². The van der Waals surface area contributed by atoms with Gasteiger partial charge >= 0.3 is 5.97 Å². The number of ether oxygens (including phenoxy) is 1. The second-order valence-corrected chi connectivity index (χ2v) is 4.82. The predicted octanol–water partition coefficient (Wildman–Crippen LogP) is -1.47. The molecule has 0 amide bonds. The number of aryl methyl sites for hydroxylation is 1. The molecule has 0 unspecified atom stereocenters. The van der Waals surface area contributed by atoms with E-state index in [4.69, 9.17) is 4.74 Å². The number of hydrogen-bond acceptors (Lipinski definition) is 4. The average molecular weight is 343 g/mol. The number of pyridine rings is 1. The van der Waals surface area contributed by atoms with Crippen LogP contribution in [0.2, 0.25) is 0 Å². The summed E-state index contributed by atoms with van der Waals surface area (Å²) in [4.78, 5) is 16.9. The molecule has 2 aromatic heterocycles. The molecule has 4 nitrogen and oxygen atoms in total. The maximum Gasteiger partial charge on any atom is 0.372 e. The number of thiazole rings is 1. The summed E-state index contributed by atoms with van der Waals surface area (Å²) in [5.74, 6) is -0.214. The molecule has 0 saturated heterocycles. The zero-order chi connectivity index (χ0) is 12.8. The Hall–Kier alpha value is -1.27. The summed E-state index contributed by atoms with van der Waals surface area (Å²) in [6, 6.07) is 5.68. The molecule has 0 atom stereocenters. The molecular weight excluding hydrogens is 328 g/mol. The number of esters is 1. The van der Waals surface area contributed by atoms with Crippen LogP contribution in [0.1, 0.15) is 10.6 Å². The summed E-state index contributed by atoms with van der Waals surface area (Å²) >= 11 is 1.60. The van der Waals surface area contributed by atoms with E-state index in [2.05, 4.69) is 4.98 Å². The molecule has 0 aliphatic heterocycles. The van der Waals surface area contributed by atoms with E-state index in [9.17, 15) is 4.79 Å². The molecule has 0 aromatic carbocycles. The highest BCUT2D eigenvalue weighted by molar-refractivity contribution is 7.09. The van der Waals surface area contributed by atoms with Gasteiger partial charge in [0.1, 0.15) is 0 Å². The minimum Gasteiger partial charge on any atom is -1.00 e. The van der Waals surface area contributed by atoms with Crippen LogP contribution in [0.15, 0.2) is 36.1 Å². The molecule has 0 bridgehead atoms. The molecule has 0 fully saturated rings. The van der Waals surface area contributed by atoms with Gasteiger partial charge in [-0.25, -0.2) is 9.78 Å². The van der Waals surface area contributed by atoms with Gasteiger partial charge in [0.2, 0.25) is 6.54 Å². The van der Waals surface area contributed by atoms with E-state index >= 15 is 0 Å². The fourth-order valence-corrected chi connectivity index (χ4v) is 2.32. The number of rotatable bonds is 5. The fraction of sp³-hybridized carbons (Fsp3) is 0.308. The summed E-state index contributed by atoms with van der Waals surface area (Å²) in [6.07, 6.45) is 4.42. The Morgan fingerprint density at radius 2 is 2.11 bits per heavy atom. The van der Waals surface area contributed by atoms with Gasteiger partial charge in [0.05, 0.1) is 17.8 Å². The van der Waals surface area contributed by atoms with Gasteiger partial charge in [-0.1, -0.05) is 6.07 Å². The SMILES string of the molecule is Cc1ncsc1CCOC(=O)C[n+]1ccccc1.[Br-]. The Balaban J connectivity index is 0.00000180. The molecule has 0 spiro atoms. The Morgan fingerprint density at radius 3 is 2.74 bits per heavy atom. The zero-order valence-electron chi connectivity index (χ0n) is 10.6. The number of aromatic nitrogens is 2. The average Bonchev–Trinajstić information content (AvgIpc) is 2.76. The van der Waals surface area contributed by atoms with Crippen molar-refractivity contribution in [3.05, 3.63) is 46.7 Å². The molecule has 2 heterocycles. The third kappa shape index (κ3) is 5.08. The topological polar surface area (TPSA) is 43.1 Å². The van der Waals surface area contributed by atoms with Gasteiger partial charge < -0.3 is 21.7 Å². The molecule has 6 heteroatoms. The van der Waals surface area contributed by atoms with Crippen LogP contribution in [0.25, 0.3) is 0 Å². The van der Waals surface area contributed by atoms with Gasteiger partial charge in [-0.05, 0) is 6.92 Å². The Labute approximate surface area is 126 Å². The smallest absolute Gasteiger partial charge is 0.372 e. The van der Waals surface area contributed by atoms with Crippen molar-refractivity contribution < 1.29 is 31.1 Å². The van der Waals surface area contributed by atoms with Crippen LogP contribution < -0.4 is 21.5 Å². The van der Waals surface area contributed by atoms with Crippen LogP contribution in [-0.4, -0.2) is 17.6 Å². The maximum atomic E-state index is 11.6. The van der Waals surface area contributed by atoms with Gasteiger partial charge in [0, 0.05) is 23.4 Å². The molecule has 0 aliphatic rings. The molecule has 0 radical (unpaired) electrons. The van der Waals surface area contributed by atoms with Gasteiger partial charge in [0.15, 0.2) is 12.4 Å². The van der Waals surface area contributed by atoms with E-state index in [0.29, 0.717) is 6.61 Å². The molecule has 0 N–H and O–H groups in total. The Kier molecular flexibility index (Phi) is 6.66. The minimum atomic E-state index is -0.214. The second kappa shape index (κ2) is 8.01. The van der Waals surface area contributed by atoms with Crippen molar-refractivity contribution in [2.24, 2.45) is 0 Å². The first-order valence-corrected chi connectivity index (χ1v) is 6.62. The molecule has 2 rings (SSSR count). The first-order chi connectivity index (χ1) is 8.75. The Morgan fingerprint density at radius 1 is 1.37 bits per heavy atom. The lowest BCUT2D eigenvalue weighted by Gasteiger charge is -2.02. The normalized spacial score (nSPS) is 9.74. The predicted molar refractivity (Wildman–Crippen MR) is 68.2 cm³/mol. The summed E-state index contributed by atoms with van der Waals surface area (Å²) in [6.45, 7) is 2.63. The van der Waals surface area contributed by atoms with E-state index in [0.717, 1.165) is 12.1 Å². The van der Waals surface area contributed by atoms with Crippen LogP contribution in [0.4, 0.5) is 0 Å². The molecule has 0 aliphatic carbocycles. The first-order valence-electron chi connectivity index (χ1n) is 5.74. The molecule has 102 valence electrons. The number of nitrogens with zero attached hydrogens (tertiary/aromatic N) is 2. The van der Waals surface area contributed by atoms with Crippen molar-refractivity contribution in [3.8, 4) is 0 Å². The highest BCUT2D eigenvalue weighted by atomic mass is 79.9. The third-order valence-electron chi connectivity index (χ3n) is 2.53. The van der Waals surface area contributed by atoms with Crippen molar-refractivity contribution >= 4 is 17.3 Å². The van der Waals surface area contributed by atoms with Gasteiger partial charge in [-0.15, -0.1) is 11.3 Å². The van der Waals surface area contributed by atoms with Crippen molar-refractivity contribution in [2.75, 3.05) is 6.61 Å². The van der Waals surface area contributed by atoms with Crippen molar-refractivity contribution in [3.63, 3.8) is 0 Å². The highest BCUT2D eigenvalue weighted by Gasteiger charge is 2.10. The van der Waals surface area contributed by atoms with Crippen molar-refractivity contribution in [2.45, 2.75) is 19.9 Å². The number of hydrogen-bond donors (Lipinski definition) is 0. The summed E-state index contributed by atoms with van der Waals surface area (Å²) in [7, 11) is 0. The number of halogens is 1. The molecule has 2 aromatic rings. The van der Waals surface area contributed by atoms with Crippen LogP contribution in [-0.2, 0) is 22.5 Å². The molecule has 19 heavy (non-hydrogen) atoms. The minimum absolute atomic E-state index is 0. The Bertz CT molecular complexity index is 516. The van der Waals surface area contributed by atoms with E-state index in [1.54, 1.807) is 15.9 Å². The first kappa shape index (κ1) is 15.8. The van der Waals surface area contributed by atoms with E-state index in [1.165, 1.54) is 4.88 Å². The second-order valence-electron chi connectivity index (χ2n) is 3.88. The number of carbonyl (C=O) groups excluding carboxylic acids is 1. The largest absolute Gasteiger partial charge is 1.00 e. The fourth-order valence-electron chi connectivity index (χ4n) is 1.56. The standard InChI is InChI=1S/C13H15N2O2S.BrH/c1-11-12(18-10-14-11)5-8-17-13(16)9-15-6-3-2-4-7-15;/h2-4,6-7,10H,5,8-9H2,1H3;1H/q+1;/p-1. The molecular formula is C13H15BrN2O2S. The lowest BCUT2D eigenvalue weighted by Crippen LogP contribution is -3.00. The number of carbonyl (C=O) groups is 1. The van der Waals surface area contributed by atoms with E-state index in [-0.39, 0.29) is 29.5 Å².